The predicted octanol–water partition coefficient (Wildman–Crippen LogP) is 3.45. The topological polar surface area (TPSA) is 49.4 Å². The number of rotatable bonds is 5. The lowest BCUT2D eigenvalue weighted by atomic mass is 9.98. The van der Waals surface area contributed by atoms with Crippen molar-refractivity contribution >= 4 is 34.4 Å². The summed E-state index contributed by atoms with van der Waals surface area (Å²) >= 11 is 2.18. The number of halogens is 1. The van der Waals surface area contributed by atoms with Gasteiger partial charge < -0.3 is 10.2 Å². The molecule has 4 nitrogen and oxygen atoms in total. The molecule has 1 N–H and O–H groups in total. The number of hydrogen-bond donors (Lipinski definition) is 1. The third kappa shape index (κ3) is 4.68. The van der Waals surface area contributed by atoms with Gasteiger partial charge in [0.1, 0.15) is 0 Å². The number of nitrogens with zero attached hydrogens (tertiary/aromatic N) is 1. The molecule has 23 heavy (non-hydrogen) atoms. The van der Waals surface area contributed by atoms with Crippen LogP contribution in [0.3, 0.4) is 0 Å². The van der Waals surface area contributed by atoms with Crippen LogP contribution in [0.2, 0.25) is 0 Å². The molecule has 0 unspecified atom stereocenters. The van der Waals surface area contributed by atoms with E-state index in [4.69, 9.17) is 0 Å². The van der Waals surface area contributed by atoms with Crippen LogP contribution in [0.4, 0.5) is 0 Å². The van der Waals surface area contributed by atoms with Crippen molar-refractivity contribution in [1.82, 2.24) is 10.2 Å². The van der Waals surface area contributed by atoms with Gasteiger partial charge in [0.2, 0.25) is 5.91 Å². The Balaban J connectivity index is 1.86. The van der Waals surface area contributed by atoms with Gasteiger partial charge in [-0.15, -0.1) is 0 Å². The molecule has 2 amide bonds. The van der Waals surface area contributed by atoms with Crippen LogP contribution in [0, 0.1) is 9.49 Å². The third-order valence-electron chi connectivity index (χ3n) is 4.60. The zero-order valence-electron chi connectivity index (χ0n) is 13.8. The number of nitrogens with one attached hydrogen (secondary N) is 1. The summed E-state index contributed by atoms with van der Waals surface area (Å²) < 4.78 is 0.962. The summed E-state index contributed by atoms with van der Waals surface area (Å²) in [5.74, 6) is 0.407. The van der Waals surface area contributed by atoms with Gasteiger partial charge in [0.25, 0.3) is 5.91 Å². The average Bonchev–Trinajstić information content (AvgIpc) is 2.57. The molecule has 126 valence electrons. The SMILES string of the molecule is CCC(CC)C(=O)N1CCC(NC(=O)c2ccccc2I)CC1. The normalized spacial score (nSPS) is 15.7. The zero-order chi connectivity index (χ0) is 16.8. The third-order valence-corrected chi connectivity index (χ3v) is 5.54. The molecule has 2 rings (SSSR count). The van der Waals surface area contributed by atoms with Crippen molar-refractivity contribution in [2.75, 3.05) is 13.1 Å². The second-order valence-corrected chi connectivity index (χ2v) is 7.23. The molecule has 5 heteroatoms. The van der Waals surface area contributed by atoms with Crippen LogP contribution >= 0.6 is 22.6 Å². The minimum atomic E-state index is -0.0141. The second-order valence-electron chi connectivity index (χ2n) is 6.07. The molecule has 1 heterocycles. The van der Waals surface area contributed by atoms with Gasteiger partial charge in [0, 0.05) is 28.6 Å². The van der Waals surface area contributed by atoms with Crippen molar-refractivity contribution in [2.24, 2.45) is 5.92 Å². The number of piperidine rings is 1. The van der Waals surface area contributed by atoms with Gasteiger partial charge in [-0.1, -0.05) is 26.0 Å². The van der Waals surface area contributed by atoms with Crippen LogP contribution < -0.4 is 5.32 Å². The Kier molecular flexibility index (Phi) is 6.87. The molecule has 0 bridgehead atoms. The van der Waals surface area contributed by atoms with E-state index in [2.05, 4.69) is 41.8 Å². The number of amides is 2. The first kappa shape index (κ1) is 18.2. The Hall–Kier alpha value is -1.11. The second kappa shape index (κ2) is 8.66. The molecule has 0 aliphatic carbocycles. The average molecular weight is 428 g/mol. The highest BCUT2D eigenvalue weighted by molar-refractivity contribution is 14.1. The minimum Gasteiger partial charge on any atom is -0.349 e. The van der Waals surface area contributed by atoms with Gasteiger partial charge in [-0.3, -0.25) is 9.59 Å². The zero-order valence-corrected chi connectivity index (χ0v) is 16.0. The molecular formula is C18H25IN2O2. The quantitative estimate of drug-likeness (QED) is 0.731. The lowest BCUT2D eigenvalue weighted by Crippen LogP contribution is -2.48. The van der Waals surface area contributed by atoms with E-state index in [0.29, 0.717) is 0 Å². The fourth-order valence-corrected chi connectivity index (χ4v) is 3.68. The molecule has 1 aliphatic heterocycles. The maximum Gasteiger partial charge on any atom is 0.252 e. The molecule has 0 aromatic heterocycles. The van der Waals surface area contributed by atoms with Gasteiger partial charge in [0.05, 0.1) is 5.56 Å². The Morgan fingerprint density at radius 1 is 1.22 bits per heavy atom. The first-order valence-electron chi connectivity index (χ1n) is 8.41. The van der Waals surface area contributed by atoms with Crippen LogP contribution in [-0.4, -0.2) is 35.8 Å². The standard InChI is InChI=1S/C18H25IN2O2/c1-3-13(4-2)18(23)21-11-9-14(10-12-21)20-17(22)15-7-5-6-8-16(15)19/h5-8,13-14H,3-4,9-12H2,1-2H3,(H,20,22). The van der Waals surface area contributed by atoms with Gasteiger partial charge in [-0.25, -0.2) is 0 Å². The van der Waals surface area contributed by atoms with Crippen LogP contribution in [0.15, 0.2) is 24.3 Å². The van der Waals surface area contributed by atoms with E-state index < -0.39 is 0 Å². The molecule has 0 spiro atoms. The Bertz CT molecular complexity index is 550. The van der Waals surface area contributed by atoms with E-state index >= 15 is 0 Å². The summed E-state index contributed by atoms with van der Waals surface area (Å²) in [6.07, 6.45) is 3.47. The number of benzene rings is 1. The van der Waals surface area contributed by atoms with E-state index in [1.807, 2.05) is 29.2 Å². The van der Waals surface area contributed by atoms with Crippen molar-refractivity contribution in [3.63, 3.8) is 0 Å². The number of hydrogen-bond acceptors (Lipinski definition) is 2. The molecule has 0 radical (unpaired) electrons. The molecule has 1 aromatic rings. The summed E-state index contributed by atoms with van der Waals surface area (Å²) in [4.78, 5) is 26.7. The fourth-order valence-electron chi connectivity index (χ4n) is 3.05. The summed E-state index contributed by atoms with van der Waals surface area (Å²) in [6, 6.07) is 7.76. The molecule has 1 fully saturated rings. The first-order valence-corrected chi connectivity index (χ1v) is 9.48. The van der Waals surface area contributed by atoms with Crippen molar-refractivity contribution in [3.05, 3.63) is 33.4 Å². The fraction of sp³-hybridized carbons (Fsp3) is 0.556. The first-order chi connectivity index (χ1) is 11.1. The Morgan fingerprint density at radius 2 is 1.83 bits per heavy atom. The van der Waals surface area contributed by atoms with Crippen LogP contribution in [0.5, 0.6) is 0 Å². The van der Waals surface area contributed by atoms with Crippen LogP contribution in [-0.2, 0) is 4.79 Å². The lowest BCUT2D eigenvalue weighted by molar-refractivity contribution is -0.136. The minimum absolute atomic E-state index is 0.0141. The lowest BCUT2D eigenvalue weighted by Gasteiger charge is -2.34. The largest absolute Gasteiger partial charge is 0.349 e. The summed E-state index contributed by atoms with van der Waals surface area (Å²) in [7, 11) is 0. The van der Waals surface area contributed by atoms with Gasteiger partial charge in [0.15, 0.2) is 0 Å². The molecule has 0 atom stereocenters. The van der Waals surface area contributed by atoms with E-state index in [1.54, 1.807) is 0 Å². The van der Waals surface area contributed by atoms with Crippen molar-refractivity contribution < 1.29 is 9.59 Å². The smallest absolute Gasteiger partial charge is 0.252 e. The van der Waals surface area contributed by atoms with Crippen LogP contribution in [0.1, 0.15) is 49.9 Å². The van der Waals surface area contributed by atoms with E-state index in [-0.39, 0.29) is 23.8 Å². The number of likely N-dealkylation sites (tertiary alicyclic amines) is 1. The molecular weight excluding hydrogens is 403 g/mol. The number of carbonyl (C=O) groups is 2. The Labute approximate surface area is 152 Å². The van der Waals surface area contributed by atoms with Crippen molar-refractivity contribution in [1.29, 1.82) is 0 Å². The van der Waals surface area contributed by atoms with Crippen molar-refractivity contribution in [2.45, 2.75) is 45.6 Å². The summed E-state index contributed by atoms with van der Waals surface area (Å²) in [6.45, 7) is 5.62. The molecule has 1 aliphatic rings. The summed E-state index contributed by atoms with van der Waals surface area (Å²) in [5.41, 5.74) is 0.726. The van der Waals surface area contributed by atoms with Crippen molar-refractivity contribution in [3.8, 4) is 0 Å². The highest BCUT2D eigenvalue weighted by Gasteiger charge is 2.27. The Morgan fingerprint density at radius 3 is 2.39 bits per heavy atom. The summed E-state index contributed by atoms with van der Waals surface area (Å²) in [5, 5.41) is 3.11. The highest BCUT2D eigenvalue weighted by Crippen LogP contribution is 2.18. The van der Waals surface area contributed by atoms with E-state index in [1.165, 1.54) is 0 Å². The monoisotopic (exact) mass is 428 g/mol. The van der Waals surface area contributed by atoms with E-state index in [9.17, 15) is 9.59 Å². The van der Waals surface area contributed by atoms with Gasteiger partial charge in [-0.05, 0) is 60.4 Å². The molecule has 0 saturated carbocycles. The van der Waals surface area contributed by atoms with E-state index in [0.717, 1.165) is 47.9 Å². The predicted molar refractivity (Wildman–Crippen MR) is 100 cm³/mol. The highest BCUT2D eigenvalue weighted by atomic mass is 127. The number of carbonyl (C=O) groups excluding carboxylic acids is 2. The molecule has 1 aromatic carbocycles. The van der Waals surface area contributed by atoms with Gasteiger partial charge >= 0.3 is 0 Å². The molecule has 1 saturated heterocycles. The maximum absolute atomic E-state index is 12.4. The maximum atomic E-state index is 12.4. The van der Waals surface area contributed by atoms with Gasteiger partial charge in [-0.2, -0.15) is 0 Å². The van der Waals surface area contributed by atoms with Crippen LogP contribution in [0.25, 0.3) is 0 Å².